The molecule has 140 valence electrons. The van der Waals surface area contributed by atoms with Crippen LogP contribution in [0, 0.1) is 17.5 Å². The summed E-state index contributed by atoms with van der Waals surface area (Å²) in [5.41, 5.74) is 1.30. The van der Waals surface area contributed by atoms with Crippen LogP contribution in [0.4, 0.5) is 29.3 Å². The maximum absolute atomic E-state index is 13.7. The van der Waals surface area contributed by atoms with Crippen LogP contribution < -0.4 is 10.6 Å². The number of hydrogen-bond donors (Lipinski definition) is 2. The number of urea groups is 1. The fourth-order valence-electron chi connectivity index (χ4n) is 2.63. The second kappa shape index (κ2) is 7.03. The summed E-state index contributed by atoms with van der Waals surface area (Å²) in [6.45, 7) is 0. The van der Waals surface area contributed by atoms with Crippen LogP contribution in [0.15, 0.2) is 61.1 Å². The zero-order valence-corrected chi connectivity index (χ0v) is 14.2. The standard InChI is InChI=1S/C19H12F3N5O/c20-13-5-6-14(17(22)16(13)21)26-19(28)24-12-4-1-3-11(9-12)15-10-27-8-2-7-23-18(27)25-15/h1-10H,(H2,24,26,28). The van der Waals surface area contributed by atoms with Gasteiger partial charge >= 0.3 is 6.03 Å². The molecule has 0 radical (unpaired) electrons. The number of rotatable bonds is 3. The molecule has 0 saturated heterocycles. The van der Waals surface area contributed by atoms with Gasteiger partial charge < -0.3 is 10.6 Å². The number of carbonyl (C=O) groups excluding carboxylic acids is 1. The molecule has 0 atom stereocenters. The molecule has 0 unspecified atom stereocenters. The Hall–Kier alpha value is -3.88. The van der Waals surface area contributed by atoms with E-state index in [0.717, 1.165) is 17.7 Å². The molecule has 2 amide bonds. The van der Waals surface area contributed by atoms with Crippen molar-refractivity contribution in [2.75, 3.05) is 10.6 Å². The monoisotopic (exact) mass is 383 g/mol. The van der Waals surface area contributed by atoms with Crippen molar-refractivity contribution in [1.82, 2.24) is 14.4 Å². The second-order valence-corrected chi connectivity index (χ2v) is 5.84. The molecule has 0 fully saturated rings. The Balaban J connectivity index is 1.53. The van der Waals surface area contributed by atoms with Gasteiger partial charge in [-0.1, -0.05) is 12.1 Å². The van der Waals surface area contributed by atoms with Crippen LogP contribution in [-0.4, -0.2) is 20.4 Å². The van der Waals surface area contributed by atoms with Crippen LogP contribution in [0.5, 0.6) is 0 Å². The Kier molecular flexibility index (Phi) is 4.40. The Labute approximate surface area is 156 Å². The number of anilines is 2. The molecule has 0 bridgehead atoms. The van der Waals surface area contributed by atoms with Gasteiger partial charge in [0.1, 0.15) is 0 Å². The molecule has 0 aliphatic heterocycles. The summed E-state index contributed by atoms with van der Waals surface area (Å²) in [5, 5.41) is 4.66. The third-order valence-corrected chi connectivity index (χ3v) is 3.94. The first kappa shape index (κ1) is 17.5. The summed E-state index contributed by atoms with van der Waals surface area (Å²) in [7, 11) is 0. The van der Waals surface area contributed by atoms with E-state index >= 15 is 0 Å². The summed E-state index contributed by atoms with van der Waals surface area (Å²) >= 11 is 0. The van der Waals surface area contributed by atoms with Crippen molar-refractivity contribution in [3.8, 4) is 11.3 Å². The lowest BCUT2D eigenvalue weighted by atomic mass is 10.1. The number of amides is 2. The van der Waals surface area contributed by atoms with E-state index in [2.05, 4.69) is 20.6 Å². The Morgan fingerprint density at radius 1 is 1.00 bits per heavy atom. The molecule has 0 aliphatic rings. The van der Waals surface area contributed by atoms with Crippen molar-refractivity contribution in [2.45, 2.75) is 0 Å². The highest BCUT2D eigenvalue weighted by atomic mass is 19.2. The zero-order valence-electron chi connectivity index (χ0n) is 14.2. The quantitative estimate of drug-likeness (QED) is 0.513. The smallest absolute Gasteiger partial charge is 0.308 e. The lowest BCUT2D eigenvalue weighted by Gasteiger charge is -2.09. The molecule has 0 spiro atoms. The van der Waals surface area contributed by atoms with Crippen molar-refractivity contribution in [3.05, 3.63) is 78.5 Å². The van der Waals surface area contributed by atoms with Gasteiger partial charge in [-0.05, 0) is 30.3 Å². The fourth-order valence-corrected chi connectivity index (χ4v) is 2.63. The van der Waals surface area contributed by atoms with E-state index < -0.39 is 29.2 Å². The minimum absolute atomic E-state index is 0.406. The van der Waals surface area contributed by atoms with Crippen LogP contribution in [0.3, 0.4) is 0 Å². The van der Waals surface area contributed by atoms with Crippen LogP contribution in [-0.2, 0) is 0 Å². The normalized spacial score (nSPS) is 10.8. The van der Waals surface area contributed by atoms with E-state index in [-0.39, 0.29) is 0 Å². The van der Waals surface area contributed by atoms with Gasteiger partial charge in [-0.25, -0.2) is 27.9 Å². The number of hydrogen-bond acceptors (Lipinski definition) is 3. The first-order valence-electron chi connectivity index (χ1n) is 8.13. The number of imidazole rings is 1. The zero-order chi connectivity index (χ0) is 19.7. The van der Waals surface area contributed by atoms with E-state index in [1.165, 1.54) is 0 Å². The predicted octanol–water partition coefficient (Wildman–Crippen LogP) is 4.46. The molecule has 0 saturated carbocycles. The van der Waals surface area contributed by atoms with Gasteiger partial charge in [0.2, 0.25) is 5.78 Å². The predicted molar refractivity (Wildman–Crippen MR) is 97.4 cm³/mol. The summed E-state index contributed by atoms with van der Waals surface area (Å²) in [4.78, 5) is 20.6. The molecular weight excluding hydrogens is 371 g/mol. The summed E-state index contributed by atoms with van der Waals surface area (Å²) in [5.74, 6) is -3.93. The average molecular weight is 383 g/mol. The van der Waals surface area contributed by atoms with Crippen molar-refractivity contribution in [1.29, 1.82) is 0 Å². The van der Waals surface area contributed by atoms with Gasteiger partial charge in [0.15, 0.2) is 17.5 Å². The molecule has 4 aromatic rings. The number of halogens is 3. The molecule has 2 aromatic heterocycles. The fraction of sp³-hybridized carbons (Fsp3) is 0. The molecule has 4 rings (SSSR count). The Morgan fingerprint density at radius 2 is 1.86 bits per heavy atom. The first-order valence-corrected chi connectivity index (χ1v) is 8.13. The average Bonchev–Trinajstić information content (AvgIpc) is 3.13. The lowest BCUT2D eigenvalue weighted by Crippen LogP contribution is -2.20. The maximum Gasteiger partial charge on any atom is 0.323 e. The number of aromatic nitrogens is 3. The molecule has 2 N–H and O–H groups in total. The Morgan fingerprint density at radius 3 is 2.68 bits per heavy atom. The van der Waals surface area contributed by atoms with Gasteiger partial charge in [-0.2, -0.15) is 0 Å². The first-order chi connectivity index (χ1) is 13.5. The molecule has 0 aliphatic carbocycles. The highest BCUT2D eigenvalue weighted by molar-refractivity contribution is 6.00. The van der Waals surface area contributed by atoms with Gasteiger partial charge in [0.25, 0.3) is 0 Å². The minimum atomic E-state index is -1.65. The van der Waals surface area contributed by atoms with Crippen molar-refractivity contribution in [3.63, 3.8) is 0 Å². The van der Waals surface area contributed by atoms with Crippen molar-refractivity contribution >= 4 is 23.2 Å². The van der Waals surface area contributed by atoms with E-state index in [0.29, 0.717) is 17.2 Å². The highest BCUT2D eigenvalue weighted by Gasteiger charge is 2.15. The van der Waals surface area contributed by atoms with Gasteiger partial charge in [0, 0.05) is 29.8 Å². The van der Waals surface area contributed by atoms with Crippen molar-refractivity contribution < 1.29 is 18.0 Å². The number of carbonyl (C=O) groups is 1. The molecule has 2 aromatic carbocycles. The topological polar surface area (TPSA) is 71.3 Å². The van der Waals surface area contributed by atoms with Crippen LogP contribution in [0.1, 0.15) is 0 Å². The van der Waals surface area contributed by atoms with E-state index in [1.54, 1.807) is 47.1 Å². The highest BCUT2D eigenvalue weighted by Crippen LogP contribution is 2.23. The third-order valence-electron chi connectivity index (χ3n) is 3.94. The molecular formula is C19H12F3N5O. The third kappa shape index (κ3) is 3.37. The van der Waals surface area contributed by atoms with Crippen LogP contribution >= 0.6 is 0 Å². The van der Waals surface area contributed by atoms with Crippen LogP contribution in [0.25, 0.3) is 17.0 Å². The molecule has 9 heteroatoms. The van der Waals surface area contributed by atoms with E-state index in [1.807, 2.05) is 6.20 Å². The summed E-state index contributed by atoms with van der Waals surface area (Å²) in [6, 6.07) is 9.44. The number of nitrogens with zero attached hydrogens (tertiary/aromatic N) is 3. The Bertz CT molecular complexity index is 1160. The summed E-state index contributed by atoms with van der Waals surface area (Å²) < 4.78 is 41.7. The van der Waals surface area contributed by atoms with Gasteiger partial charge in [-0.3, -0.25) is 4.40 Å². The number of nitrogens with one attached hydrogen (secondary N) is 2. The molecule has 2 heterocycles. The van der Waals surface area contributed by atoms with Crippen LogP contribution in [0.2, 0.25) is 0 Å². The van der Waals surface area contributed by atoms with Gasteiger partial charge in [-0.15, -0.1) is 0 Å². The maximum atomic E-state index is 13.7. The lowest BCUT2D eigenvalue weighted by molar-refractivity contribution is 0.262. The van der Waals surface area contributed by atoms with E-state index in [4.69, 9.17) is 0 Å². The minimum Gasteiger partial charge on any atom is -0.308 e. The summed E-state index contributed by atoms with van der Waals surface area (Å²) in [6.07, 6.45) is 5.23. The SMILES string of the molecule is O=C(Nc1cccc(-c2cn3cccnc3n2)c1)Nc1ccc(F)c(F)c1F. The second-order valence-electron chi connectivity index (χ2n) is 5.84. The molecule has 6 nitrogen and oxygen atoms in total. The van der Waals surface area contributed by atoms with Gasteiger partial charge in [0.05, 0.1) is 11.4 Å². The molecule has 28 heavy (non-hydrogen) atoms. The van der Waals surface area contributed by atoms with Crippen molar-refractivity contribution in [2.24, 2.45) is 0 Å². The number of fused-ring (bicyclic) bond motifs is 1. The van der Waals surface area contributed by atoms with E-state index in [9.17, 15) is 18.0 Å². The largest absolute Gasteiger partial charge is 0.323 e. The number of benzene rings is 2.